The van der Waals surface area contributed by atoms with Gasteiger partial charge in [0.05, 0.1) is 7.11 Å². The molecule has 0 amide bonds. The maximum absolute atomic E-state index is 5.98. The van der Waals surface area contributed by atoms with Gasteiger partial charge in [-0.3, -0.25) is 0 Å². The van der Waals surface area contributed by atoms with Crippen LogP contribution in [0, 0.1) is 0 Å². The Hall–Kier alpha value is -1.52. The van der Waals surface area contributed by atoms with Gasteiger partial charge in [0, 0.05) is 22.1 Å². The zero-order valence-electron chi connectivity index (χ0n) is 11.7. The van der Waals surface area contributed by atoms with Crippen molar-refractivity contribution in [3.8, 4) is 11.5 Å². The maximum Gasteiger partial charge on any atom is 0.166 e. The van der Waals surface area contributed by atoms with E-state index in [1.54, 1.807) is 7.11 Å². The second-order valence-electron chi connectivity index (χ2n) is 4.36. The van der Waals surface area contributed by atoms with Gasteiger partial charge in [0.1, 0.15) is 6.61 Å². The summed E-state index contributed by atoms with van der Waals surface area (Å²) in [5, 5.41) is 3.14. The Kier molecular flexibility index (Phi) is 5.44. The lowest BCUT2D eigenvalue weighted by molar-refractivity contribution is 0.280. The lowest BCUT2D eigenvalue weighted by Gasteiger charge is -2.15. The van der Waals surface area contributed by atoms with Crippen molar-refractivity contribution >= 4 is 15.9 Å². The van der Waals surface area contributed by atoms with Crippen molar-refractivity contribution in [2.75, 3.05) is 14.2 Å². The summed E-state index contributed by atoms with van der Waals surface area (Å²) in [6.07, 6.45) is 0. The third-order valence-corrected chi connectivity index (χ3v) is 3.75. The molecular weight excluding hydrogens is 318 g/mol. The molecule has 106 valence electrons. The molecule has 2 aromatic rings. The molecule has 0 unspecified atom stereocenters. The first kappa shape index (κ1) is 14.9. The zero-order valence-corrected chi connectivity index (χ0v) is 13.2. The van der Waals surface area contributed by atoms with E-state index in [4.69, 9.17) is 9.47 Å². The highest BCUT2D eigenvalue weighted by Gasteiger charge is 2.11. The highest BCUT2D eigenvalue weighted by atomic mass is 79.9. The summed E-state index contributed by atoms with van der Waals surface area (Å²) in [7, 11) is 3.57. The minimum Gasteiger partial charge on any atom is -0.493 e. The molecule has 1 N–H and O–H groups in total. The van der Waals surface area contributed by atoms with E-state index in [1.807, 2.05) is 49.5 Å². The van der Waals surface area contributed by atoms with Gasteiger partial charge in [0.25, 0.3) is 0 Å². The van der Waals surface area contributed by atoms with Crippen molar-refractivity contribution in [2.45, 2.75) is 13.2 Å². The topological polar surface area (TPSA) is 30.5 Å². The van der Waals surface area contributed by atoms with E-state index < -0.39 is 0 Å². The maximum atomic E-state index is 5.98. The molecule has 0 spiro atoms. The molecule has 0 saturated heterocycles. The van der Waals surface area contributed by atoms with Crippen molar-refractivity contribution in [2.24, 2.45) is 0 Å². The molecule has 0 bridgehead atoms. The fourth-order valence-electron chi connectivity index (χ4n) is 1.98. The first-order valence-corrected chi connectivity index (χ1v) is 7.22. The van der Waals surface area contributed by atoms with Crippen LogP contribution in [0.5, 0.6) is 11.5 Å². The summed E-state index contributed by atoms with van der Waals surface area (Å²) in [6, 6.07) is 14.0. The number of benzene rings is 2. The number of halogens is 1. The predicted molar refractivity (Wildman–Crippen MR) is 84.2 cm³/mol. The van der Waals surface area contributed by atoms with Crippen molar-refractivity contribution < 1.29 is 9.47 Å². The van der Waals surface area contributed by atoms with E-state index in [2.05, 4.69) is 21.2 Å². The van der Waals surface area contributed by atoms with Crippen LogP contribution in [-0.2, 0) is 13.2 Å². The first-order valence-electron chi connectivity index (χ1n) is 6.43. The van der Waals surface area contributed by atoms with E-state index in [-0.39, 0.29) is 0 Å². The number of para-hydroxylation sites is 1. The summed E-state index contributed by atoms with van der Waals surface area (Å²) >= 11 is 3.53. The Morgan fingerprint density at radius 3 is 2.50 bits per heavy atom. The molecule has 20 heavy (non-hydrogen) atoms. The second kappa shape index (κ2) is 7.31. The molecule has 0 aliphatic rings. The average molecular weight is 336 g/mol. The molecule has 0 aliphatic heterocycles. The van der Waals surface area contributed by atoms with Crippen molar-refractivity contribution in [1.82, 2.24) is 5.32 Å². The standard InChI is InChI=1S/C16H18BrNO2/c1-18-10-12-7-5-9-15(19-2)16(12)20-11-13-6-3-4-8-14(13)17/h3-9,18H,10-11H2,1-2H3. The number of rotatable bonds is 6. The fraction of sp³-hybridized carbons (Fsp3) is 0.250. The van der Waals surface area contributed by atoms with Gasteiger partial charge in [-0.05, 0) is 19.2 Å². The van der Waals surface area contributed by atoms with Gasteiger partial charge in [-0.25, -0.2) is 0 Å². The third-order valence-electron chi connectivity index (χ3n) is 2.98. The molecular formula is C16H18BrNO2. The van der Waals surface area contributed by atoms with Gasteiger partial charge >= 0.3 is 0 Å². The van der Waals surface area contributed by atoms with Gasteiger partial charge in [-0.2, -0.15) is 0 Å². The Balaban J connectivity index is 2.21. The van der Waals surface area contributed by atoms with E-state index in [9.17, 15) is 0 Å². The van der Waals surface area contributed by atoms with Crippen LogP contribution < -0.4 is 14.8 Å². The SMILES string of the molecule is CNCc1cccc(OC)c1OCc1ccccc1Br. The largest absolute Gasteiger partial charge is 0.493 e. The molecule has 2 rings (SSSR count). The normalized spacial score (nSPS) is 10.3. The summed E-state index contributed by atoms with van der Waals surface area (Å²) in [4.78, 5) is 0. The number of ether oxygens (including phenoxy) is 2. The van der Waals surface area contributed by atoms with Crippen LogP contribution in [-0.4, -0.2) is 14.2 Å². The summed E-state index contributed by atoms with van der Waals surface area (Å²) < 4.78 is 12.4. The van der Waals surface area contributed by atoms with Crippen LogP contribution in [0.2, 0.25) is 0 Å². The molecule has 0 atom stereocenters. The quantitative estimate of drug-likeness (QED) is 0.871. The average Bonchev–Trinajstić information content (AvgIpc) is 2.47. The first-order chi connectivity index (χ1) is 9.76. The van der Waals surface area contributed by atoms with Gasteiger partial charge in [0.15, 0.2) is 11.5 Å². The van der Waals surface area contributed by atoms with Gasteiger partial charge in [-0.1, -0.05) is 46.3 Å². The van der Waals surface area contributed by atoms with Crippen molar-refractivity contribution in [3.63, 3.8) is 0 Å². The summed E-state index contributed by atoms with van der Waals surface area (Å²) in [6.45, 7) is 1.24. The summed E-state index contributed by atoms with van der Waals surface area (Å²) in [5.74, 6) is 1.55. The number of hydrogen-bond donors (Lipinski definition) is 1. The van der Waals surface area contributed by atoms with Gasteiger partial charge < -0.3 is 14.8 Å². The molecule has 4 heteroatoms. The van der Waals surface area contributed by atoms with E-state index in [0.717, 1.165) is 33.6 Å². The molecule has 0 heterocycles. The van der Waals surface area contributed by atoms with Crippen LogP contribution in [0.3, 0.4) is 0 Å². The lowest BCUT2D eigenvalue weighted by Crippen LogP contribution is -2.08. The number of hydrogen-bond acceptors (Lipinski definition) is 3. The van der Waals surface area contributed by atoms with Crippen LogP contribution in [0.4, 0.5) is 0 Å². The monoisotopic (exact) mass is 335 g/mol. The molecule has 0 aliphatic carbocycles. The van der Waals surface area contributed by atoms with Crippen LogP contribution in [0.15, 0.2) is 46.9 Å². The Bertz CT molecular complexity index is 572. The minimum atomic E-state index is 0.499. The van der Waals surface area contributed by atoms with Gasteiger partial charge in [-0.15, -0.1) is 0 Å². The molecule has 0 fully saturated rings. The Morgan fingerprint density at radius 2 is 1.80 bits per heavy atom. The van der Waals surface area contributed by atoms with Gasteiger partial charge in [0.2, 0.25) is 0 Å². The van der Waals surface area contributed by atoms with E-state index in [0.29, 0.717) is 6.61 Å². The minimum absolute atomic E-state index is 0.499. The highest BCUT2D eigenvalue weighted by molar-refractivity contribution is 9.10. The zero-order chi connectivity index (χ0) is 14.4. The molecule has 2 aromatic carbocycles. The molecule has 3 nitrogen and oxygen atoms in total. The van der Waals surface area contributed by atoms with E-state index >= 15 is 0 Å². The van der Waals surface area contributed by atoms with Crippen molar-refractivity contribution in [1.29, 1.82) is 0 Å². The Labute approximate surface area is 128 Å². The van der Waals surface area contributed by atoms with Crippen LogP contribution >= 0.6 is 15.9 Å². The molecule has 0 radical (unpaired) electrons. The number of nitrogens with one attached hydrogen (secondary N) is 1. The van der Waals surface area contributed by atoms with Crippen LogP contribution in [0.1, 0.15) is 11.1 Å². The number of methoxy groups -OCH3 is 1. The summed E-state index contributed by atoms with van der Waals surface area (Å²) in [5.41, 5.74) is 2.19. The van der Waals surface area contributed by atoms with Crippen LogP contribution in [0.25, 0.3) is 0 Å². The predicted octanol–water partition coefficient (Wildman–Crippen LogP) is 3.76. The smallest absolute Gasteiger partial charge is 0.166 e. The highest BCUT2D eigenvalue weighted by Crippen LogP contribution is 2.32. The van der Waals surface area contributed by atoms with E-state index in [1.165, 1.54) is 0 Å². The Morgan fingerprint density at radius 1 is 1.05 bits per heavy atom. The van der Waals surface area contributed by atoms with Crippen molar-refractivity contribution in [3.05, 3.63) is 58.1 Å². The fourth-order valence-corrected chi connectivity index (χ4v) is 2.38. The lowest BCUT2D eigenvalue weighted by atomic mass is 10.2. The molecule has 0 saturated carbocycles. The second-order valence-corrected chi connectivity index (χ2v) is 5.21. The third kappa shape index (κ3) is 3.52. The molecule has 0 aromatic heterocycles.